The van der Waals surface area contributed by atoms with E-state index in [2.05, 4.69) is 5.16 Å². The lowest BCUT2D eigenvalue weighted by Crippen LogP contribution is -2.43. The zero-order chi connectivity index (χ0) is 24.5. The van der Waals surface area contributed by atoms with Crippen LogP contribution in [0.1, 0.15) is 36.3 Å². The van der Waals surface area contributed by atoms with Crippen LogP contribution in [0.4, 0.5) is 5.69 Å². The van der Waals surface area contributed by atoms with Crippen LogP contribution in [-0.4, -0.2) is 45.9 Å². The predicted molar refractivity (Wildman–Crippen MR) is 125 cm³/mol. The van der Waals surface area contributed by atoms with Gasteiger partial charge in [-0.25, -0.2) is 13.2 Å². The van der Waals surface area contributed by atoms with Gasteiger partial charge in [-0.05, 0) is 56.2 Å². The number of fused-ring (bicyclic) bond motifs is 1. The summed E-state index contributed by atoms with van der Waals surface area (Å²) < 4.78 is 50.9. The molecule has 1 aliphatic rings. The molecule has 180 valence electrons. The van der Waals surface area contributed by atoms with E-state index in [1.165, 1.54) is 23.5 Å². The van der Waals surface area contributed by atoms with Crippen molar-refractivity contribution in [3.63, 3.8) is 0 Å². The van der Waals surface area contributed by atoms with E-state index in [1.807, 2.05) is 19.9 Å². The van der Waals surface area contributed by atoms with Gasteiger partial charge >= 0.3 is 5.97 Å². The van der Waals surface area contributed by atoms with Gasteiger partial charge in [0, 0.05) is 11.6 Å². The molecule has 0 spiro atoms. The number of esters is 1. The maximum Gasteiger partial charge on any atom is 0.360 e. The van der Waals surface area contributed by atoms with Crippen molar-refractivity contribution in [1.29, 1.82) is 0 Å². The van der Waals surface area contributed by atoms with Crippen molar-refractivity contribution in [1.82, 2.24) is 5.16 Å². The minimum Gasteiger partial charge on any atom is -0.495 e. The van der Waals surface area contributed by atoms with Crippen LogP contribution in [0, 0.1) is 6.92 Å². The molecule has 4 rings (SSSR count). The molecule has 1 aliphatic heterocycles. The lowest BCUT2D eigenvalue weighted by atomic mass is 10.1. The Balaban J connectivity index is 1.79. The summed E-state index contributed by atoms with van der Waals surface area (Å²) in [6.45, 7) is 5.89. The topological polar surface area (TPSA) is 108 Å². The van der Waals surface area contributed by atoms with Crippen molar-refractivity contribution >= 4 is 21.7 Å². The summed E-state index contributed by atoms with van der Waals surface area (Å²) in [7, 11) is -2.64. The summed E-state index contributed by atoms with van der Waals surface area (Å²) in [5, 5.41) is 3.74. The summed E-state index contributed by atoms with van der Waals surface area (Å²) in [6, 6.07) is 11.5. The number of sulfonamides is 1. The Bertz CT molecular complexity index is 1320. The molecule has 0 unspecified atom stereocenters. The molecule has 0 N–H and O–H groups in total. The number of rotatable bonds is 7. The highest BCUT2D eigenvalue weighted by Crippen LogP contribution is 2.40. The first-order valence-corrected chi connectivity index (χ1v) is 12.3. The average Bonchev–Trinajstić information content (AvgIpc) is 3.33. The van der Waals surface area contributed by atoms with Crippen molar-refractivity contribution in [2.24, 2.45) is 0 Å². The highest BCUT2D eigenvalue weighted by atomic mass is 32.2. The van der Waals surface area contributed by atoms with Crippen LogP contribution < -0.4 is 13.8 Å². The maximum absolute atomic E-state index is 14.0. The lowest BCUT2D eigenvalue weighted by molar-refractivity contribution is 0.0514. The normalized spacial score (nSPS) is 15.4. The fraction of sp³-hybridized carbons (Fsp3) is 0.333. The second kappa shape index (κ2) is 9.38. The first-order chi connectivity index (χ1) is 16.3. The van der Waals surface area contributed by atoms with E-state index in [4.69, 9.17) is 18.7 Å². The molecule has 0 aliphatic carbocycles. The second-order valence-corrected chi connectivity index (χ2v) is 9.65. The number of aromatic nitrogens is 1. The standard InChI is InChI=1S/C24H26N2O7S/c1-5-17-14-26(19-11-15(3)7-9-20(19)32-17)34(28,29)23-12-16(8-10-21(23)30-4)22-13-18(25-33-22)24(27)31-6-2/h7-13,17H,5-6,14H2,1-4H3/t17-/m1/s1. The Kier molecular flexibility index (Phi) is 6.52. The fourth-order valence-corrected chi connectivity index (χ4v) is 5.41. The van der Waals surface area contributed by atoms with E-state index in [1.54, 1.807) is 31.2 Å². The van der Waals surface area contributed by atoms with Crippen LogP contribution >= 0.6 is 0 Å². The van der Waals surface area contributed by atoms with Gasteiger partial charge in [-0.15, -0.1) is 0 Å². The molecular formula is C24H26N2O7S. The van der Waals surface area contributed by atoms with E-state index in [0.717, 1.165) is 5.56 Å². The van der Waals surface area contributed by atoms with Crippen LogP contribution in [0.5, 0.6) is 11.5 Å². The van der Waals surface area contributed by atoms with E-state index < -0.39 is 16.0 Å². The van der Waals surface area contributed by atoms with Gasteiger partial charge in [0.15, 0.2) is 11.5 Å². The Labute approximate surface area is 198 Å². The van der Waals surface area contributed by atoms with E-state index >= 15 is 0 Å². The molecule has 1 aromatic heterocycles. The van der Waals surface area contributed by atoms with E-state index in [0.29, 0.717) is 23.4 Å². The quantitative estimate of drug-likeness (QED) is 0.457. The molecule has 0 amide bonds. The summed E-state index contributed by atoms with van der Waals surface area (Å²) in [5.41, 5.74) is 1.81. The Morgan fingerprint density at radius 1 is 1.18 bits per heavy atom. The van der Waals surface area contributed by atoms with Gasteiger partial charge < -0.3 is 18.7 Å². The van der Waals surface area contributed by atoms with Crippen LogP contribution in [-0.2, 0) is 14.8 Å². The third kappa shape index (κ3) is 4.33. The molecule has 0 fully saturated rings. The number of aryl methyl sites for hydroxylation is 1. The molecule has 2 aromatic carbocycles. The molecular weight excluding hydrogens is 460 g/mol. The SMILES string of the molecule is CCOC(=O)c1cc(-c2ccc(OC)c(S(=O)(=O)N3C[C@@H](CC)Oc4ccc(C)cc43)c2)on1. The molecule has 0 saturated carbocycles. The third-order valence-corrected chi connectivity index (χ3v) is 7.31. The molecule has 2 heterocycles. The molecule has 34 heavy (non-hydrogen) atoms. The number of carbonyl (C=O) groups excluding carboxylic acids is 1. The maximum atomic E-state index is 14.0. The molecule has 9 nitrogen and oxygen atoms in total. The lowest BCUT2D eigenvalue weighted by Gasteiger charge is -2.35. The first-order valence-electron chi connectivity index (χ1n) is 10.9. The van der Waals surface area contributed by atoms with Gasteiger partial charge in [0.05, 0.1) is 25.9 Å². The number of nitrogens with zero attached hydrogens (tertiary/aromatic N) is 2. The van der Waals surface area contributed by atoms with E-state index in [9.17, 15) is 13.2 Å². The van der Waals surface area contributed by atoms with Gasteiger partial charge in [-0.2, -0.15) is 0 Å². The Morgan fingerprint density at radius 2 is 1.97 bits per heavy atom. The summed E-state index contributed by atoms with van der Waals surface area (Å²) in [6.07, 6.45) is 0.353. The summed E-state index contributed by atoms with van der Waals surface area (Å²) in [4.78, 5) is 11.9. The molecule has 0 radical (unpaired) electrons. The monoisotopic (exact) mass is 486 g/mol. The third-order valence-electron chi connectivity index (χ3n) is 5.51. The van der Waals surface area contributed by atoms with Gasteiger partial charge in [0.2, 0.25) is 0 Å². The minimum absolute atomic E-state index is 0.000412. The fourth-order valence-electron chi connectivity index (χ4n) is 3.72. The minimum atomic E-state index is -4.05. The molecule has 3 aromatic rings. The zero-order valence-electron chi connectivity index (χ0n) is 19.4. The van der Waals surface area contributed by atoms with Gasteiger partial charge in [-0.3, -0.25) is 4.31 Å². The Hall–Kier alpha value is -3.53. The van der Waals surface area contributed by atoms with Crippen molar-refractivity contribution in [3.05, 3.63) is 53.7 Å². The average molecular weight is 487 g/mol. The van der Waals surface area contributed by atoms with Crippen LogP contribution in [0.2, 0.25) is 0 Å². The number of hydrogen-bond acceptors (Lipinski definition) is 8. The smallest absolute Gasteiger partial charge is 0.360 e. The number of benzene rings is 2. The number of ether oxygens (including phenoxy) is 3. The van der Waals surface area contributed by atoms with Crippen molar-refractivity contribution in [2.75, 3.05) is 24.6 Å². The predicted octanol–water partition coefficient (Wildman–Crippen LogP) is 4.20. The largest absolute Gasteiger partial charge is 0.495 e. The number of carbonyl (C=O) groups is 1. The second-order valence-electron chi connectivity index (χ2n) is 7.82. The van der Waals surface area contributed by atoms with Gasteiger partial charge in [0.1, 0.15) is 22.5 Å². The highest BCUT2D eigenvalue weighted by Gasteiger charge is 2.36. The summed E-state index contributed by atoms with van der Waals surface area (Å²) >= 11 is 0. The number of methoxy groups -OCH3 is 1. The molecule has 0 bridgehead atoms. The van der Waals surface area contributed by atoms with Gasteiger partial charge in [-0.1, -0.05) is 18.1 Å². The summed E-state index contributed by atoms with van der Waals surface area (Å²) in [5.74, 6) is 0.302. The molecule has 10 heteroatoms. The van der Waals surface area contributed by atoms with E-state index in [-0.39, 0.29) is 41.4 Å². The van der Waals surface area contributed by atoms with Crippen LogP contribution in [0.3, 0.4) is 0 Å². The molecule has 1 atom stereocenters. The number of hydrogen-bond donors (Lipinski definition) is 0. The van der Waals surface area contributed by atoms with Crippen molar-refractivity contribution < 1.29 is 31.9 Å². The van der Waals surface area contributed by atoms with Crippen molar-refractivity contribution in [3.8, 4) is 22.8 Å². The van der Waals surface area contributed by atoms with Crippen LogP contribution in [0.25, 0.3) is 11.3 Å². The zero-order valence-corrected chi connectivity index (χ0v) is 20.2. The molecule has 0 saturated heterocycles. The highest BCUT2D eigenvalue weighted by molar-refractivity contribution is 7.93. The Morgan fingerprint density at radius 3 is 2.68 bits per heavy atom. The first kappa shape index (κ1) is 23.6. The van der Waals surface area contributed by atoms with Crippen LogP contribution in [0.15, 0.2) is 51.9 Å². The van der Waals surface area contributed by atoms with Crippen molar-refractivity contribution in [2.45, 2.75) is 38.2 Å². The number of anilines is 1. The van der Waals surface area contributed by atoms with Gasteiger partial charge in [0.25, 0.3) is 10.0 Å².